The molecule has 1 aromatic carbocycles. The second-order valence-corrected chi connectivity index (χ2v) is 6.91. The normalized spacial score (nSPS) is 22.5. The van der Waals surface area contributed by atoms with Gasteiger partial charge in [-0.15, -0.1) is 0 Å². The molecule has 7 nitrogen and oxygen atoms in total. The van der Waals surface area contributed by atoms with Crippen LogP contribution in [0.25, 0.3) is 0 Å². The summed E-state index contributed by atoms with van der Waals surface area (Å²) in [7, 11) is -3.72. The molecule has 1 aromatic rings. The Bertz CT molecular complexity index is 725. The average molecular weight is 306 g/mol. The van der Waals surface area contributed by atoms with Gasteiger partial charge in [0.25, 0.3) is 0 Å². The molecular weight excluding hydrogens is 292 g/mol. The molecule has 0 saturated carbocycles. The number of nitrogens with one attached hydrogen (secondary N) is 1. The number of carbonyl (C=O) groups is 1. The molecular formula is C13H14N4O3S. The van der Waals surface area contributed by atoms with E-state index >= 15 is 0 Å². The molecule has 0 aliphatic carbocycles. The zero-order valence-corrected chi connectivity index (χ0v) is 12.0. The SMILES string of the molecule is N#Cc1ccccc1S(=O)(=O)N1CCN2C(=O)NCC2C1. The van der Waals surface area contributed by atoms with Crippen LogP contribution in [0.15, 0.2) is 29.2 Å². The maximum Gasteiger partial charge on any atom is 0.317 e. The van der Waals surface area contributed by atoms with Crippen molar-refractivity contribution >= 4 is 16.1 Å². The van der Waals surface area contributed by atoms with Crippen molar-refractivity contribution in [3.05, 3.63) is 29.8 Å². The van der Waals surface area contributed by atoms with Gasteiger partial charge in [0.15, 0.2) is 0 Å². The molecule has 0 spiro atoms. The minimum atomic E-state index is -3.72. The summed E-state index contributed by atoms with van der Waals surface area (Å²) in [5.74, 6) is 0. The highest BCUT2D eigenvalue weighted by Crippen LogP contribution is 2.23. The number of amides is 2. The van der Waals surface area contributed by atoms with Gasteiger partial charge in [0.05, 0.1) is 16.5 Å². The molecule has 2 aliphatic rings. The minimum Gasteiger partial charge on any atom is -0.336 e. The van der Waals surface area contributed by atoms with Crippen LogP contribution < -0.4 is 5.32 Å². The van der Waals surface area contributed by atoms with E-state index < -0.39 is 10.0 Å². The van der Waals surface area contributed by atoms with Crippen LogP contribution in [0.5, 0.6) is 0 Å². The first kappa shape index (κ1) is 13.9. The Morgan fingerprint density at radius 1 is 1.29 bits per heavy atom. The van der Waals surface area contributed by atoms with E-state index in [1.165, 1.54) is 16.4 Å². The summed E-state index contributed by atoms with van der Waals surface area (Å²) in [4.78, 5) is 13.2. The molecule has 0 bridgehead atoms. The molecule has 21 heavy (non-hydrogen) atoms. The van der Waals surface area contributed by atoms with Crippen molar-refractivity contribution in [1.29, 1.82) is 5.26 Å². The van der Waals surface area contributed by atoms with E-state index in [0.29, 0.717) is 13.1 Å². The first-order valence-corrected chi connectivity index (χ1v) is 8.02. The zero-order valence-electron chi connectivity index (χ0n) is 11.2. The van der Waals surface area contributed by atoms with E-state index in [4.69, 9.17) is 5.26 Å². The summed E-state index contributed by atoms with van der Waals surface area (Å²) in [5.41, 5.74) is 0.139. The van der Waals surface area contributed by atoms with Crippen molar-refractivity contribution in [1.82, 2.24) is 14.5 Å². The number of urea groups is 1. The number of nitrogens with zero attached hydrogens (tertiary/aromatic N) is 3. The van der Waals surface area contributed by atoms with Crippen molar-refractivity contribution in [2.45, 2.75) is 10.9 Å². The summed E-state index contributed by atoms with van der Waals surface area (Å²) < 4.78 is 26.7. The molecule has 2 amide bonds. The van der Waals surface area contributed by atoms with Crippen molar-refractivity contribution < 1.29 is 13.2 Å². The third kappa shape index (κ3) is 2.24. The molecule has 8 heteroatoms. The number of hydrogen-bond acceptors (Lipinski definition) is 4. The van der Waals surface area contributed by atoms with Gasteiger partial charge in [-0.3, -0.25) is 0 Å². The molecule has 0 aromatic heterocycles. The monoisotopic (exact) mass is 306 g/mol. The molecule has 2 heterocycles. The summed E-state index contributed by atoms with van der Waals surface area (Å²) in [6.07, 6.45) is 0. The number of carbonyl (C=O) groups excluding carboxylic acids is 1. The number of rotatable bonds is 2. The fourth-order valence-electron chi connectivity index (χ4n) is 2.72. The van der Waals surface area contributed by atoms with E-state index in [2.05, 4.69) is 5.32 Å². The third-order valence-corrected chi connectivity index (χ3v) is 5.74. The molecule has 0 radical (unpaired) electrons. The van der Waals surface area contributed by atoms with E-state index in [-0.39, 0.29) is 35.6 Å². The van der Waals surface area contributed by atoms with Gasteiger partial charge in [0.2, 0.25) is 10.0 Å². The average Bonchev–Trinajstić information content (AvgIpc) is 2.88. The Balaban J connectivity index is 1.90. The zero-order chi connectivity index (χ0) is 15.0. The second kappa shape index (κ2) is 5.02. The van der Waals surface area contributed by atoms with E-state index in [1.54, 1.807) is 17.0 Å². The highest BCUT2D eigenvalue weighted by Gasteiger charge is 2.40. The fourth-order valence-corrected chi connectivity index (χ4v) is 4.33. The van der Waals surface area contributed by atoms with Crippen LogP contribution in [0.1, 0.15) is 5.56 Å². The maximum atomic E-state index is 12.7. The Kier molecular flexibility index (Phi) is 3.31. The molecule has 2 aliphatic heterocycles. The smallest absolute Gasteiger partial charge is 0.317 e. The molecule has 1 unspecified atom stereocenters. The predicted octanol–water partition coefficient (Wildman–Crippen LogP) is -0.0436. The van der Waals surface area contributed by atoms with Crippen LogP contribution in [-0.4, -0.2) is 55.9 Å². The molecule has 3 rings (SSSR count). The van der Waals surface area contributed by atoms with Gasteiger partial charge in [-0.1, -0.05) is 12.1 Å². The Hall–Kier alpha value is -2.11. The first-order chi connectivity index (χ1) is 10.0. The van der Waals surface area contributed by atoms with Crippen molar-refractivity contribution in [2.24, 2.45) is 0 Å². The summed E-state index contributed by atoms with van der Waals surface area (Å²) in [6, 6.07) is 7.79. The van der Waals surface area contributed by atoms with Crippen LogP contribution in [0.2, 0.25) is 0 Å². The highest BCUT2D eigenvalue weighted by atomic mass is 32.2. The number of fused-ring (bicyclic) bond motifs is 1. The van der Waals surface area contributed by atoms with Gasteiger partial charge in [-0.25, -0.2) is 13.2 Å². The van der Waals surface area contributed by atoms with Crippen LogP contribution >= 0.6 is 0 Å². The quantitative estimate of drug-likeness (QED) is 0.829. The topological polar surface area (TPSA) is 93.5 Å². The molecule has 110 valence electrons. The first-order valence-electron chi connectivity index (χ1n) is 6.58. The van der Waals surface area contributed by atoms with Crippen LogP contribution in [0, 0.1) is 11.3 Å². The molecule has 1 N–H and O–H groups in total. The predicted molar refractivity (Wildman–Crippen MR) is 73.8 cm³/mol. The Labute approximate surface area is 122 Å². The lowest BCUT2D eigenvalue weighted by Crippen LogP contribution is -2.53. The number of nitriles is 1. The number of hydrogen-bond donors (Lipinski definition) is 1. The number of benzene rings is 1. The van der Waals surface area contributed by atoms with E-state index in [1.807, 2.05) is 6.07 Å². The van der Waals surface area contributed by atoms with Crippen molar-refractivity contribution in [3.63, 3.8) is 0 Å². The third-order valence-electron chi connectivity index (χ3n) is 3.82. The van der Waals surface area contributed by atoms with E-state index in [0.717, 1.165) is 0 Å². The van der Waals surface area contributed by atoms with Gasteiger partial charge < -0.3 is 10.2 Å². The van der Waals surface area contributed by atoms with Crippen molar-refractivity contribution in [3.8, 4) is 6.07 Å². The van der Waals surface area contributed by atoms with Gasteiger partial charge in [0.1, 0.15) is 6.07 Å². The van der Waals surface area contributed by atoms with Crippen molar-refractivity contribution in [2.75, 3.05) is 26.2 Å². The molecule has 2 fully saturated rings. The number of piperazine rings is 1. The summed E-state index contributed by atoms with van der Waals surface area (Å²) in [6.45, 7) is 1.31. The number of sulfonamides is 1. The largest absolute Gasteiger partial charge is 0.336 e. The highest BCUT2D eigenvalue weighted by molar-refractivity contribution is 7.89. The van der Waals surface area contributed by atoms with E-state index in [9.17, 15) is 13.2 Å². The van der Waals surface area contributed by atoms with Gasteiger partial charge in [-0.05, 0) is 12.1 Å². The van der Waals surface area contributed by atoms with Gasteiger partial charge in [-0.2, -0.15) is 9.57 Å². The van der Waals surface area contributed by atoms with Gasteiger partial charge in [0, 0.05) is 26.2 Å². The fraction of sp³-hybridized carbons (Fsp3) is 0.385. The standard InChI is InChI=1S/C13H14N4O3S/c14-7-10-3-1-2-4-12(10)21(19,20)16-5-6-17-11(9-16)8-15-13(17)18/h1-4,11H,5-6,8-9H2,(H,15,18). The minimum absolute atomic E-state index is 0.0261. The maximum absolute atomic E-state index is 12.7. The summed E-state index contributed by atoms with van der Waals surface area (Å²) >= 11 is 0. The van der Waals surface area contributed by atoms with Gasteiger partial charge >= 0.3 is 6.03 Å². The van der Waals surface area contributed by atoms with Crippen LogP contribution in [0.4, 0.5) is 4.79 Å². The lowest BCUT2D eigenvalue weighted by molar-refractivity contribution is 0.164. The lowest BCUT2D eigenvalue weighted by atomic mass is 10.2. The van der Waals surface area contributed by atoms with Crippen LogP contribution in [0.3, 0.4) is 0 Å². The Morgan fingerprint density at radius 3 is 2.81 bits per heavy atom. The lowest BCUT2D eigenvalue weighted by Gasteiger charge is -2.35. The Morgan fingerprint density at radius 2 is 2.05 bits per heavy atom. The second-order valence-electron chi connectivity index (χ2n) is 5.00. The summed E-state index contributed by atoms with van der Waals surface area (Å²) in [5, 5.41) is 11.8. The molecule has 1 atom stereocenters. The van der Waals surface area contributed by atoms with Crippen LogP contribution in [-0.2, 0) is 10.0 Å². The molecule has 2 saturated heterocycles.